The van der Waals surface area contributed by atoms with Crippen molar-refractivity contribution in [2.24, 2.45) is 0 Å². The Kier molecular flexibility index (Phi) is 2.94. The van der Waals surface area contributed by atoms with Gasteiger partial charge in [0.2, 0.25) is 11.6 Å². The zero-order valence-corrected chi connectivity index (χ0v) is 11.0. The molecule has 18 heavy (non-hydrogen) atoms. The average molecular weight is 301 g/mol. The van der Waals surface area contributed by atoms with Crippen molar-refractivity contribution >= 4 is 39.3 Å². The van der Waals surface area contributed by atoms with E-state index in [-0.39, 0.29) is 0 Å². The van der Waals surface area contributed by atoms with Crippen LogP contribution in [0.1, 0.15) is 11.5 Å². The average Bonchev–Trinajstić information content (AvgIpc) is 2.79. The maximum Gasteiger partial charge on any atom is 0.247 e. The minimum absolute atomic E-state index is 0.547. The fraction of sp³-hybridized carbons (Fsp3) is 0. The molecule has 0 amide bonds. The molecule has 88 valence electrons. The van der Waals surface area contributed by atoms with E-state index in [9.17, 15) is 0 Å². The molecule has 2 aromatic heterocycles. The Hall–Kier alpha value is -1.94. The molecule has 0 aliphatic carbocycles. The molecule has 0 unspecified atom stereocenters. The third kappa shape index (κ3) is 2.33. The molecule has 0 atom stereocenters. The molecule has 1 aromatic carbocycles. The molecule has 0 aliphatic heterocycles. The Morgan fingerprint density at radius 2 is 1.94 bits per heavy atom. The molecule has 4 heteroatoms. The molecule has 3 nitrogen and oxygen atoms in total. The Balaban J connectivity index is 1.93. The summed E-state index contributed by atoms with van der Waals surface area (Å²) in [5.41, 5.74) is 2.40. The third-order valence-electron chi connectivity index (χ3n) is 2.45. The fourth-order valence-corrected chi connectivity index (χ4v) is 1.94. The van der Waals surface area contributed by atoms with Gasteiger partial charge in [-0.3, -0.25) is 0 Å². The summed E-state index contributed by atoms with van der Waals surface area (Å²) in [6.45, 7) is 0. The van der Waals surface area contributed by atoms with Gasteiger partial charge in [0, 0.05) is 16.7 Å². The summed E-state index contributed by atoms with van der Waals surface area (Å²) < 4.78 is 6.41. The largest absolute Gasteiger partial charge is 0.418 e. The number of rotatable bonds is 2. The lowest BCUT2D eigenvalue weighted by Gasteiger charge is -1.88. The Labute approximate surface area is 112 Å². The van der Waals surface area contributed by atoms with Gasteiger partial charge in [0.15, 0.2) is 0 Å². The summed E-state index contributed by atoms with van der Waals surface area (Å²) in [6.07, 6.45) is 5.49. The smallest absolute Gasteiger partial charge is 0.247 e. The number of fused-ring (bicyclic) bond motifs is 1. The van der Waals surface area contributed by atoms with E-state index in [1.54, 1.807) is 6.20 Å². The van der Waals surface area contributed by atoms with Crippen LogP contribution in [0.4, 0.5) is 0 Å². The van der Waals surface area contributed by atoms with Crippen molar-refractivity contribution in [3.05, 3.63) is 58.5 Å². The zero-order chi connectivity index (χ0) is 12.4. The summed E-state index contributed by atoms with van der Waals surface area (Å²) in [5.74, 6) is 0.555. The highest BCUT2D eigenvalue weighted by Crippen LogP contribution is 2.18. The van der Waals surface area contributed by atoms with Crippen LogP contribution in [0.5, 0.6) is 0 Å². The highest BCUT2D eigenvalue weighted by molar-refractivity contribution is 9.10. The summed E-state index contributed by atoms with van der Waals surface area (Å²) >= 11 is 3.36. The van der Waals surface area contributed by atoms with E-state index >= 15 is 0 Å². The van der Waals surface area contributed by atoms with Gasteiger partial charge in [-0.15, -0.1) is 0 Å². The second-order valence-electron chi connectivity index (χ2n) is 3.77. The lowest BCUT2D eigenvalue weighted by Crippen LogP contribution is -1.73. The molecule has 0 N–H and O–H groups in total. The number of hydrogen-bond donors (Lipinski definition) is 0. The first kappa shape index (κ1) is 11.2. The van der Waals surface area contributed by atoms with Crippen LogP contribution in [-0.2, 0) is 0 Å². The van der Waals surface area contributed by atoms with E-state index in [2.05, 4.69) is 25.9 Å². The van der Waals surface area contributed by atoms with Crippen molar-refractivity contribution in [3.8, 4) is 0 Å². The number of nitrogens with zero attached hydrogens (tertiary/aromatic N) is 2. The van der Waals surface area contributed by atoms with Crippen molar-refractivity contribution in [2.45, 2.75) is 0 Å². The van der Waals surface area contributed by atoms with Crippen molar-refractivity contribution in [1.29, 1.82) is 0 Å². The van der Waals surface area contributed by atoms with Gasteiger partial charge in [-0.05, 0) is 33.6 Å². The molecule has 0 radical (unpaired) electrons. The maximum atomic E-state index is 5.51. The van der Waals surface area contributed by atoms with Crippen LogP contribution in [-0.4, -0.2) is 9.97 Å². The van der Waals surface area contributed by atoms with Crippen molar-refractivity contribution < 1.29 is 4.42 Å². The van der Waals surface area contributed by atoms with Crippen LogP contribution in [0, 0.1) is 0 Å². The van der Waals surface area contributed by atoms with E-state index < -0.39 is 0 Å². The van der Waals surface area contributed by atoms with Crippen LogP contribution < -0.4 is 0 Å². The first-order valence-corrected chi connectivity index (χ1v) is 6.26. The van der Waals surface area contributed by atoms with Crippen molar-refractivity contribution in [2.75, 3.05) is 0 Å². The molecule has 0 saturated carbocycles. The molecule has 0 saturated heterocycles. The number of hydrogen-bond acceptors (Lipinski definition) is 3. The van der Waals surface area contributed by atoms with Gasteiger partial charge in [0.25, 0.3) is 0 Å². The van der Waals surface area contributed by atoms with Crippen LogP contribution >= 0.6 is 15.9 Å². The normalized spacial score (nSPS) is 11.4. The van der Waals surface area contributed by atoms with Gasteiger partial charge in [-0.25, -0.2) is 9.97 Å². The highest BCUT2D eigenvalue weighted by Gasteiger charge is 2.04. The van der Waals surface area contributed by atoms with Crippen LogP contribution in [0.2, 0.25) is 0 Å². The number of halogens is 1. The molecule has 0 fully saturated rings. The number of pyridine rings is 1. The highest BCUT2D eigenvalue weighted by atomic mass is 79.9. The topological polar surface area (TPSA) is 38.9 Å². The summed E-state index contributed by atoms with van der Waals surface area (Å²) in [5, 5.41) is 0. The van der Waals surface area contributed by atoms with Crippen LogP contribution in [0.15, 0.2) is 51.5 Å². The lowest BCUT2D eigenvalue weighted by molar-refractivity contribution is 0.578. The van der Waals surface area contributed by atoms with Crippen molar-refractivity contribution in [1.82, 2.24) is 9.97 Å². The van der Waals surface area contributed by atoms with Gasteiger partial charge < -0.3 is 4.42 Å². The first-order valence-electron chi connectivity index (χ1n) is 5.46. The Morgan fingerprint density at radius 3 is 2.78 bits per heavy atom. The molecule has 0 aliphatic rings. The zero-order valence-electron chi connectivity index (χ0n) is 9.38. The molecular weight excluding hydrogens is 292 g/mol. The summed E-state index contributed by atoms with van der Waals surface area (Å²) in [7, 11) is 0. The molecule has 2 heterocycles. The Bertz CT molecular complexity index is 704. The standard InChI is InChI=1S/C14H9BrN2O/c15-11-8-12-14(16-9-11)18-13(17-12)7-6-10-4-2-1-3-5-10/h1-9H/b7-6+. The predicted molar refractivity (Wildman–Crippen MR) is 74.9 cm³/mol. The van der Waals surface area contributed by atoms with E-state index in [4.69, 9.17) is 4.42 Å². The van der Waals surface area contributed by atoms with Crippen LogP contribution in [0.25, 0.3) is 23.4 Å². The first-order chi connectivity index (χ1) is 8.81. The van der Waals surface area contributed by atoms with E-state index in [0.29, 0.717) is 11.6 Å². The molecule has 3 rings (SSSR count). The van der Waals surface area contributed by atoms with E-state index in [1.807, 2.05) is 48.6 Å². The number of benzene rings is 1. The number of oxazole rings is 1. The van der Waals surface area contributed by atoms with E-state index in [1.165, 1.54) is 0 Å². The van der Waals surface area contributed by atoms with Gasteiger partial charge in [-0.1, -0.05) is 30.3 Å². The molecular formula is C14H9BrN2O. The second kappa shape index (κ2) is 4.74. The third-order valence-corrected chi connectivity index (χ3v) is 2.88. The molecule has 3 aromatic rings. The molecule has 0 spiro atoms. The Morgan fingerprint density at radius 1 is 1.11 bits per heavy atom. The summed E-state index contributed by atoms with van der Waals surface area (Å²) in [6, 6.07) is 11.9. The predicted octanol–water partition coefficient (Wildman–Crippen LogP) is 4.16. The van der Waals surface area contributed by atoms with Gasteiger partial charge in [0.1, 0.15) is 5.52 Å². The quantitative estimate of drug-likeness (QED) is 0.713. The summed E-state index contributed by atoms with van der Waals surface area (Å²) in [4.78, 5) is 8.49. The van der Waals surface area contributed by atoms with Gasteiger partial charge in [0.05, 0.1) is 0 Å². The van der Waals surface area contributed by atoms with Gasteiger partial charge >= 0.3 is 0 Å². The van der Waals surface area contributed by atoms with Crippen LogP contribution in [0.3, 0.4) is 0 Å². The number of aromatic nitrogens is 2. The maximum absolute atomic E-state index is 5.51. The second-order valence-corrected chi connectivity index (χ2v) is 4.69. The van der Waals surface area contributed by atoms with E-state index in [0.717, 1.165) is 15.6 Å². The molecule has 0 bridgehead atoms. The minimum Gasteiger partial charge on any atom is -0.418 e. The van der Waals surface area contributed by atoms with Crippen molar-refractivity contribution in [3.63, 3.8) is 0 Å². The van der Waals surface area contributed by atoms with Gasteiger partial charge in [-0.2, -0.15) is 0 Å². The lowest BCUT2D eigenvalue weighted by atomic mass is 10.2. The fourth-order valence-electron chi connectivity index (χ4n) is 1.62. The minimum atomic E-state index is 0.547. The SMILES string of the molecule is Brc1cnc2oc(/C=C/c3ccccc3)nc2c1. The monoisotopic (exact) mass is 300 g/mol.